The highest BCUT2D eigenvalue weighted by molar-refractivity contribution is 5.24. The van der Waals surface area contributed by atoms with Crippen molar-refractivity contribution in [2.75, 3.05) is 19.6 Å². The Labute approximate surface area is 147 Å². The molecular weight excluding hydrogens is 280 g/mol. The smallest absolute Gasteiger partial charge is 0.00514 e. The minimum absolute atomic E-state index is 0.434. The van der Waals surface area contributed by atoms with Crippen LogP contribution in [0.1, 0.15) is 80.6 Å². The van der Waals surface area contributed by atoms with E-state index in [1.54, 1.807) is 0 Å². The van der Waals surface area contributed by atoms with Crippen LogP contribution in [0.5, 0.6) is 0 Å². The van der Waals surface area contributed by atoms with E-state index in [4.69, 9.17) is 5.73 Å². The van der Waals surface area contributed by atoms with Gasteiger partial charge in [-0.2, -0.15) is 0 Å². The standard InChI is InChI=1S/C15H26N2.3C2H6/c1-13(14-6-3-2-4-7-14)12-17-10-5-8-15(16)9-11-17;3*1-2/h3,6-7,13,15H,2,4-5,8-12,16H2,1H3;3*1-2H3. The van der Waals surface area contributed by atoms with Crippen LogP contribution in [0.4, 0.5) is 0 Å². The van der Waals surface area contributed by atoms with Gasteiger partial charge >= 0.3 is 0 Å². The van der Waals surface area contributed by atoms with E-state index in [9.17, 15) is 0 Å². The molecule has 0 aromatic rings. The first-order valence-electron chi connectivity index (χ1n) is 10.1. The van der Waals surface area contributed by atoms with Gasteiger partial charge in [0.2, 0.25) is 0 Å². The lowest BCUT2D eigenvalue weighted by Gasteiger charge is -2.25. The molecule has 1 aliphatic carbocycles. The van der Waals surface area contributed by atoms with Crippen molar-refractivity contribution in [2.45, 2.75) is 86.6 Å². The van der Waals surface area contributed by atoms with Gasteiger partial charge in [0.05, 0.1) is 0 Å². The van der Waals surface area contributed by atoms with E-state index >= 15 is 0 Å². The van der Waals surface area contributed by atoms with Crippen LogP contribution in [0.25, 0.3) is 0 Å². The highest BCUT2D eigenvalue weighted by Gasteiger charge is 2.17. The molecular formula is C21H44N2. The molecule has 1 saturated heterocycles. The molecule has 1 aliphatic heterocycles. The molecule has 0 spiro atoms. The van der Waals surface area contributed by atoms with E-state index in [2.05, 4.69) is 30.1 Å². The summed E-state index contributed by atoms with van der Waals surface area (Å²) in [5.74, 6) is 0.667. The zero-order chi connectivity index (χ0) is 18.1. The third kappa shape index (κ3) is 11.6. The van der Waals surface area contributed by atoms with Gasteiger partial charge in [-0.05, 0) is 56.7 Å². The van der Waals surface area contributed by atoms with Gasteiger partial charge in [-0.15, -0.1) is 0 Å². The van der Waals surface area contributed by atoms with E-state index in [0.29, 0.717) is 12.0 Å². The van der Waals surface area contributed by atoms with Crippen LogP contribution in [0.2, 0.25) is 0 Å². The minimum atomic E-state index is 0.434. The van der Waals surface area contributed by atoms with Crippen molar-refractivity contribution in [3.05, 3.63) is 23.8 Å². The molecule has 0 radical (unpaired) electrons. The molecule has 0 saturated carbocycles. The monoisotopic (exact) mass is 324 g/mol. The number of likely N-dealkylation sites (tertiary alicyclic amines) is 1. The summed E-state index contributed by atoms with van der Waals surface area (Å²) in [6.07, 6.45) is 13.1. The predicted octanol–water partition coefficient (Wildman–Crippen LogP) is 5.79. The number of rotatable bonds is 3. The van der Waals surface area contributed by atoms with Crippen molar-refractivity contribution in [3.63, 3.8) is 0 Å². The van der Waals surface area contributed by atoms with Crippen LogP contribution >= 0.6 is 0 Å². The summed E-state index contributed by atoms with van der Waals surface area (Å²) in [6, 6.07) is 0.434. The van der Waals surface area contributed by atoms with E-state index in [-0.39, 0.29) is 0 Å². The Morgan fingerprint density at radius 1 is 1.04 bits per heavy atom. The molecule has 0 aromatic carbocycles. The fourth-order valence-corrected chi connectivity index (χ4v) is 2.86. The summed E-state index contributed by atoms with van der Waals surface area (Å²) < 4.78 is 0. The van der Waals surface area contributed by atoms with E-state index in [1.165, 1.54) is 57.3 Å². The zero-order valence-electron chi connectivity index (χ0n) is 17.1. The highest BCUT2D eigenvalue weighted by Crippen LogP contribution is 2.20. The molecule has 2 aliphatic rings. The van der Waals surface area contributed by atoms with Gasteiger partial charge < -0.3 is 10.6 Å². The van der Waals surface area contributed by atoms with Crippen molar-refractivity contribution in [2.24, 2.45) is 11.7 Å². The van der Waals surface area contributed by atoms with Gasteiger partial charge in [-0.3, -0.25) is 0 Å². The Morgan fingerprint density at radius 2 is 1.70 bits per heavy atom. The average Bonchev–Trinajstić information content (AvgIpc) is 2.85. The molecule has 23 heavy (non-hydrogen) atoms. The summed E-state index contributed by atoms with van der Waals surface area (Å²) in [6.45, 7) is 18.0. The molecule has 2 rings (SSSR count). The second kappa shape index (κ2) is 17.7. The molecule has 1 fully saturated rings. The average molecular weight is 325 g/mol. The van der Waals surface area contributed by atoms with Gasteiger partial charge in [-0.1, -0.05) is 66.7 Å². The first kappa shape index (κ1) is 24.6. The quantitative estimate of drug-likeness (QED) is 0.712. The number of hydrogen-bond acceptors (Lipinski definition) is 2. The lowest BCUT2D eigenvalue weighted by Crippen LogP contribution is -2.31. The van der Waals surface area contributed by atoms with Crippen molar-refractivity contribution in [1.82, 2.24) is 4.90 Å². The van der Waals surface area contributed by atoms with Gasteiger partial charge in [0.1, 0.15) is 0 Å². The molecule has 0 amide bonds. The molecule has 2 nitrogen and oxygen atoms in total. The molecule has 138 valence electrons. The van der Waals surface area contributed by atoms with Gasteiger partial charge in [-0.25, -0.2) is 0 Å². The number of hydrogen-bond donors (Lipinski definition) is 1. The van der Waals surface area contributed by atoms with E-state index in [1.807, 2.05) is 41.5 Å². The Kier molecular flexibility index (Phi) is 19.0. The van der Waals surface area contributed by atoms with Crippen molar-refractivity contribution < 1.29 is 0 Å². The van der Waals surface area contributed by atoms with Gasteiger partial charge in [0.15, 0.2) is 0 Å². The van der Waals surface area contributed by atoms with Crippen molar-refractivity contribution in [1.29, 1.82) is 0 Å². The fourth-order valence-electron chi connectivity index (χ4n) is 2.86. The lowest BCUT2D eigenvalue weighted by molar-refractivity contribution is 0.259. The summed E-state index contributed by atoms with van der Waals surface area (Å²) in [5.41, 5.74) is 7.55. The van der Waals surface area contributed by atoms with Crippen LogP contribution in [0, 0.1) is 5.92 Å². The maximum Gasteiger partial charge on any atom is 0.00514 e. The summed E-state index contributed by atoms with van der Waals surface area (Å²) >= 11 is 0. The van der Waals surface area contributed by atoms with E-state index < -0.39 is 0 Å². The first-order chi connectivity index (χ1) is 11.3. The fraction of sp³-hybridized carbons (Fsp3) is 0.810. The zero-order valence-corrected chi connectivity index (χ0v) is 17.1. The van der Waals surface area contributed by atoms with Crippen LogP contribution in [-0.4, -0.2) is 30.6 Å². The molecule has 0 bridgehead atoms. The first-order valence-corrected chi connectivity index (χ1v) is 10.1. The molecule has 0 aromatic heterocycles. The third-order valence-corrected chi connectivity index (χ3v) is 3.99. The normalized spacial score (nSPS) is 21.9. The SMILES string of the molecule is CC.CC.CC.CC(CN1CCCC(N)CC1)C1=CCCC=C1. The number of nitrogens with zero attached hydrogens (tertiary/aromatic N) is 1. The summed E-state index contributed by atoms with van der Waals surface area (Å²) in [5, 5.41) is 0. The summed E-state index contributed by atoms with van der Waals surface area (Å²) in [4.78, 5) is 2.60. The molecule has 2 N–H and O–H groups in total. The Bertz CT molecular complexity index is 294. The minimum Gasteiger partial charge on any atom is -0.328 e. The van der Waals surface area contributed by atoms with Crippen LogP contribution in [-0.2, 0) is 0 Å². The van der Waals surface area contributed by atoms with Crippen LogP contribution in [0.3, 0.4) is 0 Å². The summed E-state index contributed by atoms with van der Waals surface area (Å²) in [7, 11) is 0. The largest absolute Gasteiger partial charge is 0.328 e. The Hall–Kier alpha value is -0.600. The molecule has 2 atom stereocenters. The van der Waals surface area contributed by atoms with Gasteiger partial charge in [0.25, 0.3) is 0 Å². The lowest BCUT2D eigenvalue weighted by atomic mass is 9.95. The Balaban J connectivity index is 0. The van der Waals surface area contributed by atoms with Gasteiger partial charge in [0, 0.05) is 12.6 Å². The second-order valence-corrected chi connectivity index (χ2v) is 5.58. The second-order valence-electron chi connectivity index (χ2n) is 5.58. The predicted molar refractivity (Wildman–Crippen MR) is 108 cm³/mol. The van der Waals surface area contributed by atoms with Crippen molar-refractivity contribution in [3.8, 4) is 0 Å². The van der Waals surface area contributed by atoms with Crippen molar-refractivity contribution >= 4 is 0 Å². The maximum absolute atomic E-state index is 6.02. The topological polar surface area (TPSA) is 29.3 Å². The number of nitrogens with two attached hydrogens (primary N) is 1. The van der Waals surface area contributed by atoms with E-state index in [0.717, 1.165) is 0 Å². The maximum atomic E-state index is 6.02. The Morgan fingerprint density at radius 3 is 2.26 bits per heavy atom. The van der Waals surface area contributed by atoms with Crippen LogP contribution < -0.4 is 5.73 Å². The number of allylic oxidation sites excluding steroid dienone is 3. The molecule has 2 unspecified atom stereocenters. The van der Waals surface area contributed by atoms with Crippen LogP contribution in [0.15, 0.2) is 23.8 Å². The molecule has 2 heteroatoms. The molecule has 1 heterocycles. The third-order valence-electron chi connectivity index (χ3n) is 3.99. The highest BCUT2D eigenvalue weighted by atomic mass is 15.1.